The fourth-order valence-corrected chi connectivity index (χ4v) is 0.833. The fourth-order valence-electron chi connectivity index (χ4n) is 0.833. The van der Waals surface area contributed by atoms with Crippen LogP contribution in [0.3, 0.4) is 0 Å². The second-order valence-electron chi connectivity index (χ2n) is 2.54. The Hall–Kier alpha value is 0.496. The Morgan fingerprint density at radius 2 is 1.29 bits per heavy atom. The zero-order chi connectivity index (χ0) is 10.1. The molecule has 0 rings (SSSR count). The Bertz CT molecular complexity index is 164. The molecular formula is C7H15KN2O4. The van der Waals surface area contributed by atoms with E-state index in [1.807, 2.05) is 0 Å². The molecule has 0 saturated carbocycles. The van der Waals surface area contributed by atoms with Crippen LogP contribution in [0.5, 0.6) is 0 Å². The van der Waals surface area contributed by atoms with Crippen LogP contribution in [0.2, 0.25) is 0 Å². The van der Waals surface area contributed by atoms with Crippen LogP contribution in [0.25, 0.3) is 0 Å². The first-order chi connectivity index (χ1) is 6.20. The van der Waals surface area contributed by atoms with Gasteiger partial charge >= 0.3 is 63.3 Å². The van der Waals surface area contributed by atoms with E-state index in [4.69, 9.17) is 0 Å². The van der Waals surface area contributed by atoms with E-state index in [2.05, 4.69) is 21.5 Å². The molecule has 0 aromatic carbocycles. The Kier molecular flexibility index (Phi) is 14.0. The third-order valence-corrected chi connectivity index (χ3v) is 1.52. The van der Waals surface area contributed by atoms with E-state index in [1.165, 1.54) is 0 Å². The van der Waals surface area contributed by atoms with Gasteiger partial charge in [-0.1, -0.05) is 6.42 Å². The molecule has 0 spiro atoms. The predicted molar refractivity (Wildman–Crippen MR) is 44.8 cm³/mol. The van der Waals surface area contributed by atoms with Crippen LogP contribution in [0.1, 0.15) is 33.5 Å². The van der Waals surface area contributed by atoms with Gasteiger partial charge in [0.2, 0.25) is 0 Å². The van der Waals surface area contributed by atoms with Crippen molar-refractivity contribution in [3.8, 4) is 0 Å². The minimum absolute atomic E-state index is 0. The maximum atomic E-state index is 10.5. The third-order valence-electron chi connectivity index (χ3n) is 1.52. The average molecular weight is 230 g/mol. The third kappa shape index (κ3) is 10.6. The number of carbonyl (C=O) groups is 2. The van der Waals surface area contributed by atoms with E-state index in [-0.39, 0.29) is 65.7 Å². The summed E-state index contributed by atoms with van der Waals surface area (Å²) in [6.45, 7) is 0. The van der Waals surface area contributed by atoms with Gasteiger partial charge in [-0.3, -0.25) is 9.59 Å². The molecule has 14 heavy (non-hydrogen) atoms. The SMILES string of the molecule is NOC(=O)CCCCCC(=O)ON.[H-].[K+]. The van der Waals surface area contributed by atoms with Gasteiger partial charge in [-0.15, -0.1) is 0 Å². The van der Waals surface area contributed by atoms with Gasteiger partial charge in [0.15, 0.2) is 0 Å². The molecule has 0 fully saturated rings. The van der Waals surface area contributed by atoms with Gasteiger partial charge in [-0.2, -0.15) is 11.8 Å². The standard InChI is InChI=1S/C7H14N2O4.K.H/c8-12-6(10)4-2-1-3-5-7(11)13-9;;/h1-5,8-9H2;;/q;+1;-1. The summed E-state index contributed by atoms with van der Waals surface area (Å²) in [4.78, 5) is 28.9. The van der Waals surface area contributed by atoms with Gasteiger partial charge in [-0.25, -0.2) is 0 Å². The zero-order valence-corrected chi connectivity index (χ0v) is 11.4. The van der Waals surface area contributed by atoms with Crippen LogP contribution in [0.4, 0.5) is 0 Å². The number of rotatable bonds is 6. The smallest absolute Gasteiger partial charge is 1.00 e. The first-order valence-corrected chi connectivity index (χ1v) is 4.00. The van der Waals surface area contributed by atoms with Crippen molar-refractivity contribution >= 4 is 11.9 Å². The van der Waals surface area contributed by atoms with Gasteiger partial charge in [0.05, 0.1) is 0 Å². The summed E-state index contributed by atoms with van der Waals surface area (Å²) in [6, 6.07) is 0. The van der Waals surface area contributed by atoms with Crippen LogP contribution < -0.4 is 63.2 Å². The number of hydrogen-bond acceptors (Lipinski definition) is 6. The molecular weight excluding hydrogens is 215 g/mol. The second kappa shape index (κ2) is 11.6. The van der Waals surface area contributed by atoms with Gasteiger partial charge in [0.25, 0.3) is 0 Å². The minimum Gasteiger partial charge on any atom is -1.00 e. The summed E-state index contributed by atoms with van der Waals surface area (Å²) in [6.07, 6.45) is 2.58. The van der Waals surface area contributed by atoms with Crippen LogP contribution in [-0.2, 0) is 19.3 Å². The Morgan fingerprint density at radius 1 is 0.929 bits per heavy atom. The van der Waals surface area contributed by atoms with E-state index in [0.29, 0.717) is 12.8 Å². The van der Waals surface area contributed by atoms with E-state index in [0.717, 1.165) is 6.42 Å². The summed E-state index contributed by atoms with van der Waals surface area (Å²) in [7, 11) is 0. The molecule has 7 heteroatoms. The monoisotopic (exact) mass is 230 g/mol. The number of nitrogens with two attached hydrogens (primary N) is 2. The number of carbonyl (C=O) groups excluding carboxylic acids is 2. The second-order valence-corrected chi connectivity index (χ2v) is 2.54. The molecule has 0 bridgehead atoms. The molecule has 0 heterocycles. The predicted octanol–water partition coefficient (Wildman–Crippen LogP) is -3.11. The van der Waals surface area contributed by atoms with Gasteiger partial charge in [0.1, 0.15) is 0 Å². The number of hydrogen-bond donors (Lipinski definition) is 2. The Labute approximate surface area is 126 Å². The van der Waals surface area contributed by atoms with Crippen molar-refractivity contribution in [2.45, 2.75) is 32.1 Å². The van der Waals surface area contributed by atoms with E-state index in [1.54, 1.807) is 0 Å². The molecule has 0 amide bonds. The van der Waals surface area contributed by atoms with Crippen LogP contribution in [0, 0.1) is 0 Å². The Morgan fingerprint density at radius 3 is 1.57 bits per heavy atom. The molecule has 0 aromatic rings. The minimum atomic E-state index is -0.443. The van der Waals surface area contributed by atoms with Crippen molar-refractivity contribution in [1.29, 1.82) is 0 Å². The maximum absolute atomic E-state index is 10.5. The molecule has 4 N–H and O–H groups in total. The summed E-state index contributed by atoms with van der Waals surface area (Å²) in [5.41, 5.74) is 0. The molecule has 0 saturated heterocycles. The van der Waals surface area contributed by atoms with Gasteiger partial charge in [0, 0.05) is 12.8 Å². The zero-order valence-electron chi connectivity index (χ0n) is 9.32. The van der Waals surface area contributed by atoms with Gasteiger partial charge < -0.3 is 11.1 Å². The van der Waals surface area contributed by atoms with E-state index >= 15 is 0 Å². The number of unbranched alkanes of at least 4 members (excludes halogenated alkanes) is 2. The summed E-state index contributed by atoms with van der Waals surface area (Å²) in [5.74, 6) is 8.35. The molecule has 0 atom stereocenters. The van der Waals surface area contributed by atoms with Crippen LogP contribution in [0.15, 0.2) is 0 Å². The molecule has 0 radical (unpaired) electrons. The maximum Gasteiger partial charge on any atom is 1.00 e. The van der Waals surface area contributed by atoms with Crippen molar-refractivity contribution in [3.05, 3.63) is 0 Å². The molecule has 0 aliphatic heterocycles. The Balaban J connectivity index is -0.000000720. The molecule has 6 nitrogen and oxygen atoms in total. The fraction of sp³-hybridized carbons (Fsp3) is 0.714. The van der Waals surface area contributed by atoms with Crippen molar-refractivity contribution in [2.24, 2.45) is 11.8 Å². The normalized spacial score (nSPS) is 8.71. The first kappa shape index (κ1) is 16.9. The summed E-state index contributed by atoms with van der Waals surface area (Å²) in [5, 5.41) is 0. The first-order valence-electron chi connectivity index (χ1n) is 4.00. The molecule has 0 aliphatic carbocycles. The largest absolute Gasteiger partial charge is 1.00 e. The van der Waals surface area contributed by atoms with Gasteiger partial charge in [-0.05, 0) is 12.8 Å². The molecule has 78 valence electrons. The molecule has 0 aromatic heterocycles. The van der Waals surface area contributed by atoms with Crippen molar-refractivity contribution in [2.75, 3.05) is 0 Å². The molecule has 0 unspecified atom stereocenters. The van der Waals surface area contributed by atoms with Crippen molar-refractivity contribution in [1.82, 2.24) is 0 Å². The van der Waals surface area contributed by atoms with Crippen LogP contribution >= 0.6 is 0 Å². The molecule has 0 aliphatic rings. The average Bonchev–Trinajstić information content (AvgIpc) is 2.16. The van der Waals surface area contributed by atoms with Crippen molar-refractivity contribution in [3.63, 3.8) is 0 Å². The van der Waals surface area contributed by atoms with E-state index < -0.39 is 11.9 Å². The quantitative estimate of drug-likeness (QED) is 0.284. The summed E-state index contributed by atoms with van der Waals surface area (Å²) < 4.78 is 0. The van der Waals surface area contributed by atoms with Crippen molar-refractivity contribution < 1.29 is 72.1 Å². The topological polar surface area (TPSA) is 105 Å². The summed E-state index contributed by atoms with van der Waals surface area (Å²) >= 11 is 0. The van der Waals surface area contributed by atoms with E-state index in [9.17, 15) is 9.59 Å². The van der Waals surface area contributed by atoms with Crippen LogP contribution in [-0.4, -0.2) is 11.9 Å².